The molecule has 0 bridgehead atoms. The summed E-state index contributed by atoms with van der Waals surface area (Å²) in [6, 6.07) is 10.3. The van der Waals surface area contributed by atoms with Crippen molar-refractivity contribution in [2.24, 2.45) is 7.05 Å². The minimum absolute atomic E-state index is 0.0902. The van der Waals surface area contributed by atoms with Crippen molar-refractivity contribution in [3.05, 3.63) is 51.9 Å². The molecule has 3 aromatic heterocycles. The number of thiophene rings is 1. The smallest absolute Gasteiger partial charge is 0.268 e. The third kappa shape index (κ3) is 3.92. The van der Waals surface area contributed by atoms with E-state index in [9.17, 15) is 4.79 Å². The lowest BCUT2D eigenvalue weighted by Gasteiger charge is -2.21. The van der Waals surface area contributed by atoms with Gasteiger partial charge in [-0.1, -0.05) is 11.8 Å². The molecule has 150 valence electrons. The van der Waals surface area contributed by atoms with Crippen molar-refractivity contribution in [2.75, 3.05) is 18.0 Å². The van der Waals surface area contributed by atoms with Gasteiger partial charge in [-0.3, -0.25) is 4.79 Å². The highest BCUT2D eigenvalue weighted by atomic mass is 32.2. The highest BCUT2D eigenvalue weighted by molar-refractivity contribution is 7.98. The molecule has 4 rings (SSSR count). The van der Waals surface area contributed by atoms with Gasteiger partial charge in [0, 0.05) is 31.4 Å². The van der Waals surface area contributed by atoms with Gasteiger partial charge in [-0.05, 0) is 49.6 Å². The molecular weight excluding hydrogens is 404 g/mol. The maximum Gasteiger partial charge on any atom is 0.268 e. The molecule has 4 aromatic rings. The molecule has 0 aliphatic carbocycles. The van der Waals surface area contributed by atoms with Crippen LogP contribution in [0.25, 0.3) is 21.6 Å². The molecule has 7 nitrogen and oxygen atoms in total. The van der Waals surface area contributed by atoms with Crippen molar-refractivity contribution >= 4 is 39.0 Å². The van der Waals surface area contributed by atoms with Crippen LogP contribution in [-0.4, -0.2) is 37.8 Å². The summed E-state index contributed by atoms with van der Waals surface area (Å²) in [6.45, 7) is 6.27. The number of thioether (sulfide) groups is 1. The van der Waals surface area contributed by atoms with E-state index in [2.05, 4.69) is 63.2 Å². The first-order chi connectivity index (χ1) is 14.1. The third-order valence-corrected chi connectivity index (χ3v) is 6.72. The third-order valence-electron chi connectivity index (χ3n) is 4.79. The maximum absolute atomic E-state index is 12.1. The molecule has 3 heterocycles. The van der Waals surface area contributed by atoms with Crippen molar-refractivity contribution in [3.8, 4) is 11.4 Å². The summed E-state index contributed by atoms with van der Waals surface area (Å²) in [5.41, 5.74) is 2.87. The van der Waals surface area contributed by atoms with E-state index >= 15 is 0 Å². The average molecular weight is 427 g/mol. The quantitative estimate of drug-likeness (QED) is 0.451. The Hall–Kier alpha value is -2.65. The first-order valence-electron chi connectivity index (χ1n) is 9.44. The second-order valence-electron chi connectivity index (χ2n) is 6.52. The highest BCUT2D eigenvalue weighted by Crippen LogP contribution is 2.26. The van der Waals surface area contributed by atoms with Gasteiger partial charge >= 0.3 is 0 Å². The van der Waals surface area contributed by atoms with Gasteiger partial charge in [0.25, 0.3) is 5.56 Å². The molecule has 9 heteroatoms. The SMILES string of the molecule is CCN(CC)c1ccc(-c2nnc(SCc3nc4ccsc4c(=O)[nH]3)n2C)cc1. The zero-order valence-corrected chi connectivity index (χ0v) is 18.2. The molecule has 0 saturated heterocycles. The maximum atomic E-state index is 12.1. The Bertz CT molecular complexity index is 1170. The topological polar surface area (TPSA) is 79.7 Å². The number of nitrogens with one attached hydrogen (secondary N) is 1. The van der Waals surface area contributed by atoms with Crippen molar-refractivity contribution < 1.29 is 0 Å². The fourth-order valence-corrected chi connectivity index (χ4v) is 4.73. The van der Waals surface area contributed by atoms with Gasteiger partial charge in [0.2, 0.25) is 0 Å². The lowest BCUT2D eigenvalue weighted by atomic mass is 10.2. The lowest BCUT2D eigenvalue weighted by Crippen LogP contribution is -2.21. The predicted octanol–water partition coefficient (Wildman–Crippen LogP) is 3.92. The largest absolute Gasteiger partial charge is 0.372 e. The molecule has 0 spiro atoms. The summed E-state index contributed by atoms with van der Waals surface area (Å²) in [7, 11) is 1.95. The van der Waals surface area contributed by atoms with Crippen molar-refractivity contribution in [2.45, 2.75) is 24.8 Å². The zero-order valence-electron chi connectivity index (χ0n) is 16.5. The zero-order chi connectivity index (χ0) is 20.4. The van der Waals surface area contributed by atoms with Gasteiger partial charge in [0.05, 0.1) is 11.3 Å². The van der Waals surface area contributed by atoms with E-state index in [-0.39, 0.29) is 5.56 Å². The molecule has 0 saturated carbocycles. The van der Waals surface area contributed by atoms with Crippen molar-refractivity contribution in [3.63, 3.8) is 0 Å². The number of hydrogen-bond donors (Lipinski definition) is 1. The van der Waals surface area contributed by atoms with E-state index in [0.29, 0.717) is 16.3 Å². The molecule has 0 radical (unpaired) electrons. The molecule has 1 N–H and O–H groups in total. The van der Waals surface area contributed by atoms with Crippen LogP contribution in [0.2, 0.25) is 0 Å². The summed E-state index contributed by atoms with van der Waals surface area (Å²) in [6.07, 6.45) is 0. The minimum atomic E-state index is -0.0902. The molecule has 1 aromatic carbocycles. The van der Waals surface area contributed by atoms with E-state index < -0.39 is 0 Å². The van der Waals surface area contributed by atoms with E-state index in [0.717, 1.165) is 35.2 Å². The highest BCUT2D eigenvalue weighted by Gasteiger charge is 2.13. The fraction of sp³-hybridized carbons (Fsp3) is 0.300. The van der Waals surface area contributed by atoms with Gasteiger partial charge in [0.1, 0.15) is 10.5 Å². The predicted molar refractivity (Wildman–Crippen MR) is 120 cm³/mol. The fourth-order valence-electron chi connectivity index (χ4n) is 3.22. The summed E-state index contributed by atoms with van der Waals surface area (Å²) >= 11 is 2.91. The van der Waals surface area contributed by atoms with Crippen molar-refractivity contribution in [1.82, 2.24) is 24.7 Å². The van der Waals surface area contributed by atoms with Crippen LogP contribution in [0, 0.1) is 0 Å². The summed E-state index contributed by atoms with van der Waals surface area (Å²) in [5.74, 6) is 1.97. The minimum Gasteiger partial charge on any atom is -0.372 e. The van der Waals surface area contributed by atoms with Crippen LogP contribution in [0.4, 0.5) is 5.69 Å². The summed E-state index contributed by atoms with van der Waals surface area (Å²) in [5, 5.41) is 11.3. The lowest BCUT2D eigenvalue weighted by molar-refractivity contribution is 0.793. The monoisotopic (exact) mass is 426 g/mol. The van der Waals surface area contributed by atoms with E-state index in [4.69, 9.17) is 0 Å². The van der Waals surface area contributed by atoms with E-state index in [1.165, 1.54) is 28.8 Å². The number of rotatable bonds is 7. The standard InChI is InChI=1S/C20H22N6OS2/c1-4-26(5-2)14-8-6-13(7-9-14)18-23-24-20(25(18)3)29-12-16-21-15-10-11-28-17(15)19(27)22-16/h6-11H,4-5,12H2,1-3H3,(H,21,22,27). The van der Waals surface area contributed by atoms with E-state index in [1.807, 2.05) is 23.1 Å². The Morgan fingerprint density at radius 1 is 1.14 bits per heavy atom. The molecule has 0 fully saturated rings. The number of hydrogen-bond acceptors (Lipinski definition) is 7. The molecule has 0 aliphatic rings. The van der Waals surface area contributed by atoms with Crippen LogP contribution >= 0.6 is 23.1 Å². The number of aromatic nitrogens is 5. The normalized spacial score (nSPS) is 11.3. The summed E-state index contributed by atoms with van der Waals surface area (Å²) < 4.78 is 2.63. The Kier molecular flexibility index (Phi) is 5.68. The van der Waals surface area contributed by atoms with Crippen LogP contribution in [0.1, 0.15) is 19.7 Å². The van der Waals surface area contributed by atoms with Gasteiger partial charge in [-0.25, -0.2) is 4.98 Å². The van der Waals surface area contributed by atoms with Crippen LogP contribution in [-0.2, 0) is 12.8 Å². The van der Waals surface area contributed by atoms with Gasteiger partial charge < -0.3 is 14.5 Å². The number of anilines is 1. The Morgan fingerprint density at radius 2 is 1.90 bits per heavy atom. The number of benzene rings is 1. The Balaban J connectivity index is 1.51. The molecular formula is C20H22N6OS2. The van der Waals surface area contributed by atoms with Crippen molar-refractivity contribution in [1.29, 1.82) is 0 Å². The second-order valence-corrected chi connectivity index (χ2v) is 8.38. The van der Waals surface area contributed by atoms with Crippen LogP contribution < -0.4 is 10.5 Å². The first kappa shape index (κ1) is 19.7. The van der Waals surface area contributed by atoms with Crippen LogP contribution in [0.3, 0.4) is 0 Å². The summed E-state index contributed by atoms with van der Waals surface area (Å²) in [4.78, 5) is 21.8. The first-order valence-corrected chi connectivity index (χ1v) is 11.3. The molecule has 0 unspecified atom stereocenters. The Morgan fingerprint density at radius 3 is 2.62 bits per heavy atom. The number of aromatic amines is 1. The number of nitrogens with zero attached hydrogens (tertiary/aromatic N) is 5. The average Bonchev–Trinajstić information content (AvgIpc) is 3.35. The van der Waals surface area contributed by atoms with Crippen LogP contribution in [0.15, 0.2) is 45.7 Å². The second kappa shape index (κ2) is 8.38. The number of H-pyrrole nitrogens is 1. The number of fused-ring (bicyclic) bond motifs is 1. The van der Waals surface area contributed by atoms with Crippen LogP contribution in [0.5, 0.6) is 0 Å². The molecule has 0 atom stereocenters. The van der Waals surface area contributed by atoms with E-state index in [1.54, 1.807) is 0 Å². The molecule has 0 aliphatic heterocycles. The van der Waals surface area contributed by atoms with Gasteiger partial charge in [0.15, 0.2) is 11.0 Å². The Labute approximate surface area is 176 Å². The van der Waals surface area contributed by atoms with Gasteiger partial charge in [-0.15, -0.1) is 21.5 Å². The van der Waals surface area contributed by atoms with Gasteiger partial charge in [-0.2, -0.15) is 0 Å². The molecule has 29 heavy (non-hydrogen) atoms. The molecule has 0 amide bonds.